The number of hydrogen-bond acceptors (Lipinski definition) is 5. The summed E-state index contributed by atoms with van der Waals surface area (Å²) in [5, 5.41) is 0. The lowest BCUT2D eigenvalue weighted by Gasteiger charge is -2.43. The molecule has 0 aliphatic carbocycles. The predicted molar refractivity (Wildman–Crippen MR) is 105 cm³/mol. The van der Waals surface area contributed by atoms with E-state index in [0.29, 0.717) is 29.2 Å². The molecule has 2 aliphatic rings. The van der Waals surface area contributed by atoms with Crippen molar-refractivity contribution in [3.05, 3.63) is 52.5 Å². The van der Waals surface area contributed by atoms with Gasteiger partial charge in [-0.25, -0.2) is 4.90 Å². The van der Waals surface area contributed by atoms with Gasteiger partial charge >= 0.3 is 5.97 Å². The number of benzene rings is 2. The third kappa shape index (κ3) is 2.81. The van der Waals surface area contributed by atoms with Crippen molar-refractivity contribution in [3.8, 4) is 11.5 Å². The van der Waals surface area contributed by atoms with Crippen molar-refractivity contribution < 1.29 is 23.9 Å². The van der Waals surface area contributed by atoms with Gasteiger partial charge in [0, 0.05) is 21.9 Å². The first-order valence-electron chi connectivity index (χ1n) is 8.99. The van der Waals surface area contributed by atoms with Gasteiger partial charge in [-0.1, -0.05) is 22.9 Å². The zero-order valence-electron chi connectivity index (χ0n) is 15.3. The van der Waals surface area contributed by atoms with Crippen LogP contribution < -0.4 is 14.4 Å². The highest BCUT2D eigenvalue weighted by molar-refractivity contribution is 9.10. The molecule has 2 amide bonds. The van der Waals surface area contributed by atoms with Crippen LogP contribution in [0.5, 0.6) is 11.5 Å². The highest BCUT2D eigenvalue weighted by Crippen LogP contribution is 2.48. The Bertz CT molecular complexity index is 971. The summed E-state index contributed by atoms with van der Waals surface area (Å²) in [6.45, 7) is 1.89. The minimum atomic E-state index is -1.05. The number of halogens is 1. The number of nitrogens with zero attached hydrogens (tertiary/aromatic N) is 1. The largest absolute Gasteiger partial charge is 0.497 e. The van der Waals surface area contributed by atoms with Crippen molar-refractivity contribution in [1.82, 2.24) is 0 Å². The van der Waals surface area contributed by atoms with Crippen molar-refractivity contribution in [3.63, 3.8) is 0 Å². The summed E-state index contributed by atoms with van der Waals surface area (Å²) in [6, 6.07) is 11.9. The second-order valence-electron chi connectivity index (χ2n) is 6.83. The maximum Gasteiger partial charge on any atom is 0.324 e. The Labute approximate surface area is 170 Å². The van der Waals surface area contributed by atoms with Gasteiger partial charge in [0.05, 0.1) is 12.8 Å². The monoisotopic (exact) mass is 443 g/mol. The molecule has 2 heterocycles. The molecule has 4 rings (SSSR count). The summed E-state index contributed by atoms with van der Waals surface area (Å²) in [4.78, 5) is 40.4. The van der Waals surface area contributed by atoms with Crippen LogP contribution in [0.2, 0.25) is 0 Å². The predicted octanol–water partition coefficient (Wildman–Crippen LogP) is 3.68. The van der Waals surface area contributed by atoms with E-state index in [2.05, 4.69) is 15.9 Å². The van der Waals surface area contributed by atoms with E-state index in [0.717, 1.165) is 9.37 Å². The van der Waals surface area contributed by atoms with Crippen molar-refractivity contribution >= 4 is 39.4 Å². The molecule has 0 N–H and O–H groups in total. The smallest absolute Gasteiger partial charge is 0.324 e. The molecular weight excluding hydrogens is 426 g/mol. The van der Waals surface area contributed by atoms with E-state index in [1.165, 1.54) is 7.11 Å². The van der Waals surface area contributed by atoms with Crippen LogP contribution >= 0.6 is 15.9 Å². The Morgan fingerprint density at radius 2 is 1.79 bits per heavy atom. The van der Waals surface area contributed by atoms with Gasteiger partial charge in [0.15, 0.2) is 0 Å². The summed E-state index contributed by atoms with van der Waals surface area (Å²) >= 11 is 3.42. The van der Waals surface area contributed by atoms with E-state index in [1.54, 1.807) is 36.4 Å². The normalized spacial score (nSPS) is 23.8. The van der Waals surface area contributed by atoms with Crippen LogP contribution in [0.1, 0.15) is 24.8 Å². The molecule has 0 aromatic heterocycles. The number of hydrogen-bond donors (Lipinski definition) is 0. The zero-order valence-corrected chi connectivity index (χ0v) is 16.9. The highest BCUT2D eigenvalue weighted by atomic mass is 79.9. The van der Waals surface area contributed by atoms with Crippen molar-refractivity contribution in [2.45, 2.75) is 19.3 Å². The van der Waals surface area contributed by atoms with E-state index in [4.69, 9.17) is 9.47 Å². The van der Waals surface area contributed by atoms with Gasteiger partial charge in [-0.05, 0) is 48.9 Å². The summed E-state index contributed by atoms with van der Waals surface area (Å²) in [6.07, 6.45) is 0.499. The maximum absolute atomic E-state index is 13.3. The van der Waals surface area contributed by atoms with Crippen LogP contribution in [0.15, 0.2) is 46.9 Å². The summed E-state index contributed by atoms with van der Waals surface area (Å²) in [5.41, 5.74) is 1.13. The van der Waals surface area contributed by atoms with Crippen LogP contribution in [-0.4, -0.2) is 24.9 Å². The summed E-state index contributed by atoms with van der Waals surface area (Å²) < 4.78 is 11.4. The Morgan fingerprint density at radius 1 is 1.07 bits per heavy atom. The quantitative estimate of drug-likeness (QED) is 0.313. The fourth-order valence-electron chi connectivity index (χ4n) is 4.06. The third-order valence-corrected chi connectivity index (χ3v) is 5.88. The van der Waals surface area contributed by atoms with E-state index in [9.17, 15) is 14.4 Å². The van der Waals surface area contributed by atoms with Gasteiger partial charge in [0.1, 0.15) is 17.4 Å². The topological polar surface area (TPSA) is 72.9 Å². The molecule has 1 fully saturated rings. The molecule has 28 heavy (non-hydrogen) atoms. The van der Waals surface area contributed by atoms with Crippen molar-refractivity contribution in [1.29, 1.82) is 0 Å². The highest BCUT2D eigenvalue weighted by Gasteiger charge is 2.55. The number of anilines is 1. The number of methoxy groups -OCH3 is 1. The zero-order chi connectivity index (χ0) is 20.0. The molecule has 0 spiro atoms. The average Bonchev–Trinajstić information content (AvgIpc) is 2.69. The van der Waals surface area contributed by atoms with Gasteiger partial charge in [-0.3, -0.25) is 14.4 Å². The van der Waals surface area contributed by atoms with Crippen LogP contribution in [0.4, 0.5) is 5.69 Å². The van der Waals surface area contributed by atoms with E-state index < -0.39 is 29.6 Å². The molecule has 2 aliphatic heterocycles. The van der Waals surface area contributed by atoms with Gasteiger partial charge in [0.2, 0.25) is 11.8 Å². The molecular formula is C21H18BrNO5. The second kappa shape index (κ2) is 7.05. The lowest BCUT2D eigenvalue weighted by Crippen LogP contribution is -2.57. The Morgan fingerprint density at radius 3 is 2.43 bits per heavy atom. The number of carbonyl (C=O) groups excluding carboxylic acids is 3. The molecule has 1 saturated heterocycles. The maximum atomic E-state index is 13.3. The molecule has 144 valence electrons. The minimum Gasteiger partial charge on any atom is -0.497 e. The second-order valence-corrected chi connectivity index (χ2v) is 7.75. The number of carbonyl (C=O) groups is 3. The van der Waals surface area contributed by atoms with Gasteiger partial charge in [-0.2, -0.15) is 0 Å². The number of ether oxygens (including phenoxy) is 2. The lowest BCUT2D eigenvalue weighted by atomic mass is 9.70. The molecule has 2 aromatic rings. The SMILES string of the molecule is CC[C@@H]1C(=O)N(c2ccc(OC)cc2)C(=O)[C@H]2C(=O)Oc3ccc(Br)cc3[C@@H]21. The Kier molecular flexibility index (Phi) is 4.71. The van der Waals surface area contributed by atoms with Crippen LogP contribution in [0, 0.1) is 11.8 Å². The first-order chi connectivity index (χ1) is 13.5. The number of imide groups is 1. The van der Waals surface area contributed by atoms with Crippen LogP contribution in [-0.2, 0) is 14.4 Å². The number of fused-ring (bicyclic) bond motifs is 3. The van der Waals surface area contributed by atoms with Crippen LogP contribution in [0.3, 0.4) is 0 Å². The first-order valence-corrected chi connectivity index (χ1v) is 9.78. The Balaban J connectivity index is 1.82. The standard InChI is InChI=1S/C21H18BrNO5/c1-3-14-17-15-10-11(22)4-9-16(15)28-21(26)18(17)20(25)23(19(14)24)12-5-7-13(27-2)8-6-12/h4-10,14,17-18H,3H2,1-2H3/t14-,17-,18-/m0/s1. The molecule has 6 nitrogen and oxygen atoms in total. The Hall–Kier alpha value is -2.67. The van der Waals surface area contributed by atoms with Gasteiger partial charge in [0.25, 0.3) is 0 Å². The summed E-state index contributed by atoms with van der Waals surface area (Å²) in [5.74, 6) is -2.55. The van der Waals surface area contributed by atoms with E-state index in [-0.39, 0.29) is 5.91 Å². The third-order valence-electron chi connectivity index (χ3n) is 5.38. The number of esters is 1. The number of rotatable bonds is 3. The van der Waals surface area contributed by atoms with Crippen LogP contribution in [0.25, 0.3) is 0 Å². The van der Waals surface area contributed by atoms with E-state index in [1.807, 2.05) is 13.0 Å². The average molecular weight is 444 g/mol. The fourth-order valence-corrected chi connectivity index (χ4v) is 4.43. The van der Waals surface area contributed by atoms with Crippen molar-refractivity contribution in [2.24, 2.45) is 11.8 Å². The molecule has 0 bridgehead atoms. The molecule has 0 saturated carbocycles. The molecule has 0 unspecified atom stereocenters. The number of piperidine rings is 1. The minimum absolute atomic E-state index is 0.306. The number of amides is 2. The molecule has 3 atom stereocenters. The molecule has 7 heteroatoms. The van der Waals surface area contributed by atoms with Crippen molar-refractivity contribution in [2.75, 3.05) is 12.0 Å². The first kappa shape index (κ1) is 18.7. The van der Waals surface area contributed by atoms with E-state index >= 15 is 0 Å². The van der Waals surface area contributed by atoms with Gasteiger partial charge < -0.3 is 9.47 Å². The molecule has 0 radical (unpaired) electrons. The lowest BCUT2D eigenvalue weighted by molar-refractivity contribution is -0.151. The van der Waals surface area contributed by atoms with Gasteiger partial charge in [-0.15, -0.1) is 0 Å². The fraction of sp³-hybridized carbons (Fsp3) is 0.286. The molecule has 2 aromatic carbocycles. The summed E-state index contributed by atoms with van der Waals surface area (Å²) in [7, 11) is 1.54.